The lowest BCUT2D eigenvalue weighted by molar-refractivity contribution is 0.154. The Morgan fingerprint density at radius 3 is 2.79 bits per heavy atom. The van der Waals surface area contributed by atoms with Gasteiger partial charge in [0, 0.05) is 38.8 Å². The van der Waals surface area contributed by atoms with Crippen molar-refractivity contribution in [1.82, 2.24) is 10.2 Å². The predicted octanol–water partition coefficient (Wildman–Crippen LogP) is 2.20. The molecule has 1 fully saturated rings. The first-order valence-electron chi connectivity index (χ1n) is 6.73. The third-order valence-electron chi connectivity index (χ3n) is 3.57. The number of hydrogen-bond acceptors (Lipinski definition) is 3. The molecule has 2 rings (SSSR count). The molecule has 1 aromatic carbocycles. The van der Waals surface area contributed by atoms with E-state index in [4.69, 9.17) is 16.7 Å². The number of piperazine rings is 1. The van der Waals surface area contributed by atoms with Crippen molar-refractivity contribution >= 4 is 11.6 Å². The second-order valence-corrected chi connectivity index (χ2v) is 5.19. The maximum atomic E-state index is 13.6. The van der Waals surface area contributed by atoms with E-state index in [9.17, 15) is 4.39 Å². The quantitative estimate of drug-likeness (QED) is 0.871. The average molecular weight is 287 g/mol. The van der Waals surface area contributed by atoms with Crippen molar-refractivity contribution in [3.05, 3.63) is 34.6 Å². The summed E-state index contributed by atoms with van der Waals surface area (Å²) in [6.07, 6.45) is 1.49. The molecule has 19 heavy (non-hydrogen) atoms. The SMILES string of the molecule is OCCC[C@@H](c1cccc(F)c1Cl)N1CCNCC1. The number of hydrogen-bond donors (Lipinski definition) is 2. The summed E-state index contributed by atoms with van der Waals surface area (Å²) in [4.78, 5) is 2.31. The minimum atomic E-state index is -0.372. The van der Waals surface area contributed by atoms with E-state index < -0.39 is 0 Å². The summed E-state index contributed by atoms with van der Waals surface area (Å²) in [6, 6.07) is 5.05. The largest absolute Gasteiger partial charge is 0.396 e. The molecule has 0 bridgehead atoms. The van der Waals surface area contributed by atoms with Gasteiger partial charge in [0.2, 0.25) is 0 Å². The fraction of sp³-hybridized carbons (Fsp3) is 0.571. The smallest absolute Gasteiger partial charge is 0.142 e. The number of benzene rings is 1. The first kappa shape index (κ1) is 14.7. The van der Waals surface area contributed by atoms with Crippen LogP contribution in [0.1, 0.15) is 24.4 Å². The minimum Gasteiger partial charge on any atom is -0.396 e. The summed E-state index contributed by atoms with van der Waals surface area (Å²) >= 11 is 6.11. The lowest BCUT2D eigenvalue weighted by Crippen LogP contribution is -2.45. The van der Waals surface area contributed by atoms with Crippen LogP contribution in [0.15, 0.2) is 18.2 Å². The third kappa shape index (κ3) is 3.66. The minimum absolute atomic E-state index is 0.0810. The summed E-state index contributed by atoms with van der Waals surface area (Å²) in [6.45, 7) is 3.85. The number of aliphatic hydroxyl groups excluding tert-OH is 1. The topological polar surface area (TPSA) is 35.5 Å². The molecule has 0 saturated carbocycles. The molecule has 1 atom stereocenters. The maximum Gasteiger partial charge on any atom is 0.142 e. The Balaban J connectivity index is 2.22. The van der Waals surface area contributed by atoms with E-state index in [0.29, 0.717) is 6.42 Å². The standard InChI is InChI=1S/C14H20ClFN2O/c15-14-11(3-1-4-12(14)16)13(5-2-10-19)18-8-6-17-7-9-18/h1,3-4,13,17,19H,2,5-10H2/t13-/m0/s1. The molecule has 0 amide bonds. The molecule has 106 valence electrons. The summed E-state index contributed by atoms with van der Waals surface area (Å²) in [5.74, 6) is -0.372. The van der Waals surface area contributed by atoms with Crippen molar-refractivity contribution in [2.24, 2.45) is 0 Å². The predicted molar refractivity (Wildman–Crippen MR) is 74.9 cm³/mol. The normalized spacial score (nSPS) is 18.5. The number of halogens is 2. The van der Waals surface area contributed by atoms with Crippen LogP contribution in [0.25, 0.3) is 0 Å². The summed E-state index contributed by atoms with van der Waals surface area (Å²) in [5.41, 5.74) is 0.831. The van der Waals surface area contributed by atoms with Crippen LogP contribution in [-0.2, 0) is 0 Å². The Morgan fingerprint density at radius 2 is 2.11 bits per heavy atom. The summed E-state index contributed by atoms with van der Waals surface area (Å²) in [7, 11) is 0. The zero-order chi connectivity index (χ0) is 13.7. The Hall–Kier alpha value is -0.680. The highest BCUT2D eigenvalue weighted by atomic mass is 35.5. The molecule has 5 heteroatoms. The number of aliphatic hydroxyl groups is 1. The Morgan fingerprint density at radius 1 is 1.37 bits per heavy atom. The maximum absolute atomic E-state index is 13.6. The van der Waals surface area contributed by atoms with Gasteiger partial charge in [0.05, 0.1) is 5.02 Å². The molecule has 1 heterocycles. The molecular formula is C14H20ClFN2O. The van der Waals surface area contributed by atoms with Crippen LogP contribution in [0.2, 0.25) is 5.02 Å². The lowest BCUT2D eigenvalue weighted by Gasteiger charge is -2.35. The highest BCUT2D eigenvalue weighted by molar-refractivity contribution is 6.31. The van der Waals surface area contributed by atoms with Gasteiger partial charge in [-0.2, -0.15) is 0 Å². The lowest BCUT2D eigenvalue weighted by atomic mass is 9.99. The number of nitrogens with one attached hydrogen (secondary N) is 1. The zero-order valence-electron chi connectivity index (χ0n) is 10.9. The van der Waals surface area contributed by atoms with Gasteiger partial charge in [-0.3, -0.25) is 4.90 Å². The highest BCUT2D eigenvalue weighted by Crippen LogP contribution is 2.32. The van der Waals surface area contributed by atoms with Gasteiger partial charge in [-0.15, -0.1) is 0 Å². The molecular weight excluding hydrogens is 267 g/mol. The second kappa shape index (κ2) is 7.20. The third-order valence-corrected chi connectivity index (χ3v) is 3.97. The number of nitrogens with zero attached hydrogens (tertiary/aromatic N) is 1. The summed E-state index contributed by atoms with van der Waals surface area (Å²) < 4.78 is 13.6. The van der Waals surface area contributed by atoms with Gasteiger partial charge in [-0.1, -0.05) is 23.7 Å². The molecule has 1 aromatic rings. The van der Waals surface area contributed by atoms with E-state index in [1.165, 1.54) is 6.07 Å². The van der Waals surface area contributed by atoms with E-state index in [1.54, 1.807) is 6.07 Å². The summed E-state index contributed by atoms with van der Waals surface area (Å²) in [5, 5.41) is 12.6. The first-order valence-corrected chi connectivity index (χ1v) is 7.11. The van der Waals surface area contributed by atoms with Crippen molar-refractivity contribution < 1.29 is 9.50 Å². The van der Waals surface area contributed by atoms with Gasteiger partial charge in [-0.05, 0) is 24.5 Å². The molecule has 3 nitrogen and oxygen atoms in total. The average Bonchev–Trinajstić information content (AvgIpc) is 2.45. The fourth-order valence-corrected chi connectivity index (χ4v) is 2.84. The highest BCUT2D eigenvalue weighted by Gasteiger charge is 2.24. The van der Waals surface area contributed by atoms with Crippen LogP contribution in [0, 0.1) is 5.82 Å². The van der Waals surface area contributed by atoms with Crippen molar-refractivity contribution in [3.8, 4) is 0 Å². The van der Waals surface area contributed by atoms with Crippen LogP contribution in [0.5, 0.6) is 0 Å². The van der Waals surface area contributed by atoms with Gasteiger partial charge >= 0.3 is 0 Å². The van der Waals surface area contributed by atoms with Crippen LogP contribution in [-0.4, -0.2) is 42.8 Å². The van der Waals surface area contributed by atoms with Crippen molar-refractivity contribution in [2.75, 3.05) is 32.8 Å². The van der Waals surface area contributed by atoms with E-state index >= 15 is 0 Å². The van der Waals surface area contributed by atoms with Gasteiger partial charge in [0.15, 0.2) is 0 Å². The van der Waals surface area contributed by atoms with E-state index in [2.05, 4.69) is 10.2 Å². The monoisotopic (exact) mass is 286 g/mol. The van der Waals surface area contributed by atoms with Crippen LogP contribution >= 0.6 is 11.6 Å². The van der Waals surface area contributed by atoms with Gasteiger partial charge in [-0.25, -0.2) is 4.39 Å². The number of rotatable bonds is 5. The van der Waals surface area contributed by atoms with E-state index in [0.717, 1.165) is 38.2 Å². The van der Waals surface area contributed by atoms with Gasteiger partial charge < -0.3 is 10.4 Å². The molecule has 0 radical (unpaired) electrons. The Kier molecular flexibility index (Phi) is 5.58. The molecule has 2 N–H and O–H groups in total. The Labute approximate surface area is 118 Å². The molecule has 0 aromatic heterocycles. The van der Waals surface area contributed by atoms with Crippen LogP contribution in [0.4, 0.5) is 4.39 Å². The van der Waals surface area contributed by atoms with Gasteiger partial charge in [0.25, 0.3) is 0 Å². The zero-order valence-corrected chi connectivity index (χ0v) is 11.7. The molecule has 1 aliphatic rings. The van der Waals surface area contributed by atoms with Crippen LogP contribution < -0.4 is 5.32 Å². The van der Waals surface area contributed by atoms with Crippen molar-refractivity contribution in [1.29, 1.82) is 0 Å². The van der Waals surface area contributed by atoms with Crippen LogP contribution in [0.3, 0.4) is 0 Å². The molecule has 1 saturated heterocycles. The fourth-order valence-electron chi connectivity index (χ4n) is 2.59. The van der Waals surface area contributed by atoms with E-state index in [1.807, 2.05) is 6.07 Å². The molecule has 0 unspecified atom stereocenters. The molecule has 0 spiro atoms. The molecule has 1 aliphatic heterocycles. The Bertz CT molecular complexity index is 410. The van der Waals surface area contributed by atoms with Crippen molar-refractivity contribution in [3.63, 3.8) is 0 Å². The second-order valence-electron chi connectivity index (χ2n) is 4.81. The van der Waals surface area contributed by atoms with Crippen molar-refractivity contribution in [2.45, 2.75) is 18.9 Å². The van der Waals surface area contributed by atoms with Gasteiger partial charge in [0.1, 0.15) is 5.82 Å². The van der Waals surface area contributed by atoms with E-state index in [-0.39, 0.29) is 23.5 Å². The first-order chi connectivity index (χ1) is 9.24. The molecule has 0 aliphatic carbocycles.